The highest BCUT2D eigenvalue weighted by Crippen LogP contribution is 2.11. The Kier molecular flexibility index (Phi) is 8.22. The van der Waals surface area contributed by atoms with Crippen molar-refractivity contribution in [3.05, 3.63) is 0 Å². The molecule has 1 heterocycles. The monoisotopic (exact) mass is 400 g/mol. The summed E-state index contributed by atoms with van der Waals surface area (Å²) in [5.41, 5.74) is 1.96. The summed E-state index contributed by atoms with van der Waals surface area (Å²) < 4.78 is 5.18. The first kappa shape index (κ1) is 23.7. The molecule has 0 aromatic heterocycles. The second-order valence-corrected chi connectivity index (χ2v) is 8.25. The Morgan fingerprint density at radius 1 is 1.14 bits per heavy atom. The number of aliphatic carboxylic acids is 1. The fourth-order valence-corrected chi connectivity index (χ4v) is 2.69. The molecule has 1 aliphatic heterocycles. The molecular formula is C18H32N4O6. The van der Waals surface area contributed by atoms with Crippen LogP contribution >= 0.6 is 0 Å². The molecule has 3 atom stereocenters. The number of alkyl carbamates (subject to hydrolysis) is 1. The average molecular weight is 400 g/mol. The molecule has 0 aliphatic carbocycles. The van der Waals surface area contributed by atoms with E-state index in [0.717, 1.165) is 0 Å². The number of nitrogens with zero attached hydrogens (tertiary/aromatic N) is 1. The molecule has 0 aromatic rings. The third-order valence-electron chi connectivity index (χ3n) is 4.10. The van der Waals surface area contributed by atoms with Gasteiger partial charge in [-0.25, -0.2) is 10.2 Å². The number of ether oxygens (including phenoxy) is 1. The lowest BCUT2D eigenvalue weighted by Crippen LogP contribution is -2.60. The molecule has 0 aromatic carbocycles. The van der Waals surface area contributed by atoms with Crippen LogP contribution in [0.3, 0.4) is 0 Å². The quantitative estimate of drug-likeness (QED) is 0.513. The first-order valence-electron chi connectivity index (χ1n) is 9.42. The zero-order valence-corrected chi connectivity index (χ0v) is 17.4. The van der Waals surface area contributed by atoms with Crippen LogP contribution in [0.2, 0.25) is 0 Å². The van der Waals surface area contributed by atoms with Gasteiger partial charge in [-0.15, -0.1) is 0 Å². The van der Waals surface area contributed by atoms with Crippen LogP contribution in [-0.2, 0) is 19.1 Å². The van der Waals surface area contributed by atoms with Crippen LogP contribution < -0.4 is 16.1 Å². The van der Waals surface area contributed by atoms with Gasteiger partial charge in [-0.2, -0.15) is 0 Å². The van der Waals surface area contributed by atoms with Crippen molar-refractivity contribution in [2.75, 3.05) is 6.54 Å². The van der Waals surface area contributed by atoms with Crippen molar-refractivity contribution >= 4 is 23.9 Å². The van der Waals surface area contributed by atoms with Crippen LogP contribution in [0, 0.1) is 5.92 Å². The fourth-order valence-electron chi connectivity index (χ4n) is 2.69. The zero-order valence-electron chi connectivity index (χ0n) is 17.4. The Balaban J connectivity index is 2.69. The maximum Gasteiger partial charge on any atom is 0.408 e. The van der Waals surface area contributed by atoms with E-state index in [4.69, 9.17) is 9.84 Å². The van der Waals surface area contributed by atoms with Gasteiger partial charge in [-0.3, -0.25) is 19.4 Å². The summed E-state index contributed by atoms with van der Waals surface area (Å²) in [5, 5.41) is 15.4. The Bertz CT molecular complexity index is 601. The van der Waals surface area contributed by atoms with E-state index in [1.165, 1.54) is 11.9 Å². The van der Waals surface area contributed by atoms with Crippen molar-refractivity contribution in [2.24, 2.45) is 5.92 Å². The SMILES string of the molecule is CC(C)[C@H](NC(=O)OC(C)(C)C)C(=O)N[C@@H](C)C(=O)N1CCC[C@@H](C(=O)O)N1. The van der Waals surface area contributed by atoms with E-state index >= 15 is 0 Å². The third kappa shape index (κ3) is 7.34. The minimum Gasteiger partial charge on any atom is -0.480 e. The van der Waals surface area contributed by atoms with Gasteiger partial charge in [-0.1, -0.05) is 13.8 Å². The number of carbonyl (C=O) groups excluding carboxylic acids is 3. The first-order valence-corrected chi connectivity index (χ1v) is 9.42. The van der Waals surface area contributed by atoms with E-state index in [2.05, 4.69) is 16.1 Å². The summed E-state index contributed by atoms with van der Waals surface area (Å²) >= 11 is 0. The van der Waals surface area contributed by atoms with Crippen molar-refractivity contribution in [3.8, 4) is 0 Å². The van der Waals surface area contributed by atoms with Crippen molar-refractivity contribution in [1.29, 1.82) is 0 Å². The molecule has 0 saturated carbocycles. The molecular weight excluding hydrogens is 368 g/mol. The fraction of sp³-hybridized carbons (Fsp3) is 0.778. The van der Waals surface area contributed by atoms with Gasteiger partial charge >= 0.3 is 12.1 Å². The van der Waals surface area contributed by atoms with E-state index in [1.807, 2.05) is 0 Å². The van der Waals surface area contributed by atoms with E-state index < -0.39 is 47.6 Å². The maximum atomic E-state index is 12.6. The van der Waals surface area contributed by atoms with E-state index in [-0.39, 0.29) is 5.92 Å². The maximum absolute atomic E-state index is 12.6. The Morgan fingerprint density at radius 3 is 2.25 bits per heavy atom. The van der Waals surface area contributed by atoms with Crippen molar-refractivity contribution in [2.45, 2.75) is 78.1 Å². The lowest BCUT2D eigenvalue weighted by Gasteiger charge is -2.34. The predicted octanol–water partition coefficient (Wildman–Crippen LogP) is 0.621. The molecule has 1 rings (SSSR count). The molecule has 10 heteroatoms. The van der Waals surface area contributed by atoms with E-state index in [9.17, 15) is 19.2 Å². The molecule has 3 amide bonds. The van der Waals surface area contributed by atoms with Crippen LogP contribution in [-0.4, -0.2) is 64.3 Å². The number of hydrogen-bond donors (Lipinski definition) is 4. The molecule has 1 aliphatic rings. The van der Waals surface area contributed by atoms with Crippen molar-refractivity contribution < 1.29 is 29.0 Å². The number of amides is 3. The highest BCUT2D eigenvalue weighted by Gasteiger charge is 2.33. The highest BCUT2D eigenvalue weighted by molar-refractivity contribution is 5.91. The summed E-state index contributed by atoms with van der Waals surface area (Å²) in [6, 6.07) is -2.61. The molecule has 0 unspecified atom stereocenters. The zero-order chi connectivity index (χ0) is 21.6. The molecule has 1 fully saturated rings. The Labute approximate surface area is 165 Å². The summed E-state index contributed by atoms with van der Waals surface area (Å²) in [7, 11) is 0. The number of hydrogen-bond acceptors (Lipinski definition) is 6. The second-order valence-electron chi connectivity index (χ2n) is 8.25. The minimum absolute atomic E-state index is 0.237. The normalized spacial score (nSPS) is 19.5. The van der Waals surface area contributed by atoms with Gasteiger partial charge in [0, 0.05) is 6.54 Å². The Hall–Kier alpha value is -2.36. The van der Waals surface area contributed by atoms with Gasteiger partial charge in [-0.05, 0) is 46.5 Å². The highest BCUT2D eigenvalue weighted by atomic mass is 16.6. The molecule has 0 radical (unpaired) electrons. The standard InChI is InChI=1S/C18H32N4O6/c1-10(2)13(20-17(27)28-18(4,5)6)14(23)19-11(3)15(24)22-9-7-8-12(21-22)16(25)26/h10-13,21H,7-9H2,1-6H3,(H,19,23)(H,20,27)(H,25,26)/t11-,12-,13-/m0/s1. The smallest absolute Gasteiger partial charge is 0.408 e. The number of rotatable bonds is 6. The molecule has 28 heavy (non-hydrogen) atoms. The number of nitrogens with one attached hydrogen (secondary N) is 3. The number of hydrazine groups is 1. The second kappa shape index (κ2) is 9.72. The third-order valence-corrected chi connectivity index (χ3v) is 4.10. The molecule has 1 saturated heterocycles. The molecule has 160 valence electrons. The largest absolute Gasteiger partial charge is 0.480 e. The number of carbonyl (C=O) groups is 4. The summed E-state index contributed by atoms with van der Waals surface area (Å²) in [6.45, 7) is 10.5. The predicted molar refractivity (Wildman–Crippen MR) is 101 cm³/mol. The van der Waals surface area contributed by atoms with E-state index in [0.29, 0.717) is 19.4 Å². The van der Waals surface area contributed by atoms with Gasteiger partial charge in [0.15, 0.2) is 0 Å². The van der Waals surface area contributed by atoms with Crippen molar-refractivity contribution in [1.82, 2.24) is 21.1 Å². The molecule has 10 nitrogen and oxygen atoms in total. The lowest BCUT2D eigenvalue weighted by atomic mass is 10.0. The van der Waals surface area contributed by atoms with Crippen LogP contribution in [0.5, 0.6) is 0 Å². The van der Waals surface area contributed by atoms with Crippen molar-refractivity contribution in [3.63, 3.8) is 0 Å². The molecule has 0 bridgehead atoms. The summed E-state index contributed by atoms with van der Waals surface area (Å²) in [5.74, 6) is -2.23. The van der Waals surface area contributed by atoms with E-state index in [1.54, 1.807) is 34.6 Å². The van der Waals surface area contributed by atoms with Gasteiger partial charge in [0.2, 0.25) is 5.91 Å². The summed E-state index contributed by atoms with van der Waals surface area (Å²) in [6.07, 6.45) is 0.252. The van der Waals surface area contributed by atoms with Crippen LogP contribution in [0.4, 0.5) is 4.79 Å². The average Bonchev–Trinajstić information content (AvgIpc) is 2.57. The summed E-state index contributed by atoms with van der Waals surface area (Å²) in [4.78, 5) is 48.2. The topological polar surface area (TPSA) is 137 Å². The van der Waals surface area contributed by atoms with Gasteiger partial charge in [0.1, 0.15) is 23.7 Å². The molecule has 0 spiro atoms. The lowest BCUT2D eigenvalue weighted by molar-refractivity contribution is -0.148. The minimum atomic E-state index is -1.03. The van der Waals surface area contributed by atoms with Gasteiger partial charge < -0.3 is 20.5 Å². The van der Waals surface area contributed by atoms with Crippen LogP contribution in [0.1, 0.15) is 54.4 Å². The van der Waals surface area contributed by atoms with Crippen LogP contribution in [0.15, 0.2) is 0 Å². The van der Waals surface area contributed by atoms with Gasteiger partial charge in [0.05, 0.1) is 0 Å². The number of carboxylic acids is 1. The van der Waals surface area contributed by atoms with Gasteiger partial charge in [0.25, 0.3) is 5.91 Å². The first-order chi connectivity index (χ1) is 12.8. The van der Waals surface area contributed by atoms with Crippen LogP contribution in [0.25, 0.3) is 0 Å². The Morgan fingerprint density at radius 2 is 1.75 bits per heavy atom. The molecule has 4 N–H and O–H groups in total. The number of carboxylic acid groups (broad SMARTS) is 1.